The van der Waals surface area contributed by atoms with E-state index >= 15 is 0 Å². The number of hydrogen-bond acceptors (Lipinski definition) is 9. The summed E-state index contributed by atoms with van der Waals surface area (Å²) in [5.74, 6) is -1.29. The van der Waals surface area contributed by atoms with Gasteiger partial charge in [-0.1, -0.05) is 0 Å². The van der Waals surface area contributed by atoms with Gasteiger partial charge in [0.15, 0.2) is 12.4 Å². The topological polar surface area (TPSA) is 166 Å². The molecule has 2 aliphatic heterocycles. The molecular formula is C12H20O10. The van der Waals surface area contributed by atoms with E-state index in [-0.39, 0.29) is 13.0 Å². The Kier molecular flexibility index (Phi) is 5.69. The summed E-state index contributed by atoms with van der Waals surface area (Å²) in [6.45, 7) is -0.737. The summed E-state index contributed by atoms with van der Waals surface area (Å²) in [7, 11) is 0. The summed E-state index contributed by atoms with van der Waals surface area (Å²) in [5.41, 5.74) is 0. The van der Waals surface area contributed by atoms with E-state index in [0.29, 0.717) is 0 Å². The van der Waals surface area contributed by atoms with E-state index in [4.69, 9.17) is 24.4 Å². The fraction of sp³-hybridized carbons (Fsp3) is 0.917. The van der Waals surface area contributed by atoms with Gasteiger partial charge in [-0.3, -0.25) is 0 Å². The Morgan fingerprint density at radius 1 is 1.14 bits per heavy atom. The van der Waals surface area contributed by atoms with Gasteiger partial charge < -0.3 is 44.8 Å². The molecule has 0 aromatic heterocycles. The highest BCUT2D eigenvalue weighted by Crippen LogP contribution is 2.25. The zero-order chi connectivity index (χ0) is 16.4. The summed E-state index contributed by atoms with van der Waals surface area (Å²) >= 11 is 0. The van der Waals surface area contributed by atoms with Crippen molar-refractivity contribution in [3.05, 3.63) is 0 Å². The molecule has 22 heavy (non-hydrogen) atoms. The maximum Gasteiger partial charge on any atom is 0.335 e. The van der Waals surface area contributed by atoms with Gasteiger partial charge in [0, 0.05) is 6.42 Å². The van der Waals surface area contributed by atoms with Crippen molar-refractivity contribution in [1.82, 2.24) is 0 Å². The Hall–Kier alpha value is -0.850. The van der Waals surface area contributed by atoms with Crippen LogP contribution >= 0.6 is 0 Å². The van der Waals surface area contributed by atoms with Crippen LogP contribution in [0, 0.1) is 0 Å². The van der Waals surface area contributed by atoms with Gasteiger partial charge in [0.2, 0.25) is 0 Å². The van der Waals surface area contributed by atoms with E-state index in [0.717, 1.165) is 0 Å². The molecule has 0 aromatic carbocycles. The third kappa shape index (κ3) is 3.55. The predicted octanol–water partition coefficient (Wildman–Crippen LogP) is -3.59. The first kappa shape index (κ1) is 17.5. The van der Waals surface area contributed by atoms with Crippen LogP contribution in [0.5, 0.6) is 0 Å². The molecule has 0 radical (unpaired) electrons. The van der Waals surface area contributed by atoms with Crippen molar-refractivity contribution in [3.63, 3.8) is 0 Å². The summed E-state index contributed by atoms with van der Waals surface area (Å²) in [6, 6.07) is 0. The average Bonchev–Trinajstić information content (AvgIpc) is 2.47. The van der Waals surface area contributed by atoms with Gasteiger partial charge in [0.05, 0.1) is 25.4 Å². The molecule has 0 aromatic rings. The smallest absolute Gasteiger partial charge is 0.335 e. The van der Waals surface area contributed by atoms with Crippen LogP contribution in [-0.2, 0) is 19.0 Å². The van der Waals surface area contributed by atoms with E-state index in [1.165, 1.54) is 0 Å². The van der Waals surface area contributed by atoms with Gasteiger partial charge in [-0.15, -0.1) is 0 Å². The molecule has 0 aliphatic carbocycles. The molecule has 10 nitrogen and oxygen atoms in total. The first-order chi connectivity index (χ1) is 10.3. The second-order valence-corrected chi connectivity index (χ2v) is 5.35. The largest absolute Gasteiger partial charge is 0.479 e. The zero-order valence-electron chi connectivity index (χ0n) is 11.6. The van der Waals surface area contributed by atoms with E-state index in [2.05, 4.69) is 0 Å². The standard InChI is InChI=1S/C12H20O10/c13-2-6-7(15)8(16)9(17)12(22-6)21-4-1-5(14)10(11(18)19)20-3-4/h4-10,12-17H,1-3H2,(H,18,19)/t4-,5+,6-,7+,8+,9-,10+,12?/m1/s1. The van der Waals surface area contributed by atoms with Crippen LogP contribution in [0.25, 0.3) is 0 Å². The van der Waals surface area contributed by atoms with Crippen LogP contribution in [0.1, 0.15) is 6.42 Å². The van der Waals surface area contributed by atoms with Crippen LogP contribution < -0.4 is 0 Å². The maximum atomic E-state index is 10.8. The molecule has 1 unspecified atom stereocenters. The van der Waals surface area contributed by atoms with Crippen molar-refractivity contribution in [1.29, 1.82) is 0 Å². The molecule has 6 N–H and O–H groups in total. The highest BCUT2D eigenvalue weighted by molar-refractivity contribution is 5.73. The molecule has 2 aliphatic rings. The number of carboxylic acids is 1. The molecule has 0 saturated carbocycles. The van der Waals surface area contributed by atoms with Crippen molar-refractivity contribution in [2.24, 2.45) is 0 Å². The van der Waals surface area contributed by atoms with Gasteiger partial charge >= 0.3 is 5.97 Å². The number of aliphatic hydroxyl groups excluding tert-OH is 5. The maximum absolute atomic E-state index is 10.8. The predicted molar refractivity (Wildman–Crippen MR) is 66.6 cm³/mol. The minimum Gasteiger partial charge on any atom is -0.479 e. The van der Waals surface area contributed by atoms with E-state index in [9.17, 15) is 25.2 Å². The third-order valence-electron chi connectivity index (χ3n) is 3.73. The molecule has 2 rings (SSSR count). The van der Waals surface area contributed by atoms with Crippen molar-refractivity contribution in [2.75, 3.05) is 13.2 Å². The molecule has 0 amide bonds. The summed E-state index contributed by atoms with van der Waals surface area (Å²) in [6.07, 6.45) is -10.6. The number of rotatable bonds is 4. The quantitative estimate of drug-likeness (QED) is 0.304. The summed E-state index contributed by atoms with van der Waals surface area (Å²) in [5, 5.41) is 56.6. The van der Waals surface area contributed by atoms with Crippen LogP contribution in [0.15, 0.2) is 0 Å². The first-order valence-electron chi connectivity index (χ1n) is 6.83. The van der Waals surface area contributed by atoms with Gasteiger partial charge in [0.25, 0.3) is 0 Å². The summed E-state index contributed by atoms with van der Waals surface area (Å²) in [4.78, 5) is 10.8. The highest BCUT2D eigenvalue weighted by Gasteiger charge is 2.46. The first-order valence-corrected chi connectivity index (χ1v) is 6.83. The van der Waals surface area contributed by atoms with Crippen molar-refractivity contribution < 1.29 is 49.6 Å². The van der Waals surface area contributed by atoms with E-state index in [1.807, 2.05) is 0 Å². The molecule has 2 fully saturated rings. The van der Waals surface area contributed by atoms with Crippen LogP contribution in [0.4, 0.5) is 0 Å². The van der Waals surface area contributed by atoms with Crippen LogP contribution in [0.3, 0.4) is 0 Å². The fourth-order valence-electron chi connectivity index (χ4n) is 2.48. The summed E-state index contributed by atoms with van der Waals surface area (Å²) < 4.78 is 15.5. The lowest BCUT2D eigenvalue weighted by molar-refractivity contribution is -0.320. The van der Waals surface area contributed by atoms with Crippen molar-refractivity contribution in [3.8, 4) is 0 Å². The van der Waals surface area contributed by atoms with Gasteiger partial charge in [-0.05, 0) is 0 Å². The molecule has 10 heteroatoms. The number of aliphatic hydroxyl groups is 5. The Bertz CT molecular complexity index is 388. The normalized spacial score (nSPS) is 46.4. The van der Waals surface area contributed by atoms with Gasteiger partial charge in [-0.25, -0.2) is 4.79 Å². The van der Waals surface area contributed by atoms with Gasteiger partial charge in [0.1, 0.15) is 24.4 Å². The van der Waals surface area contributed by atoms with Crippen molar-refractivity contribution >= 4 is 5.97 Å². The zero-order valence-corrected chi connectivity index (χ0v) is 11.6. The number of aliphatic carboxylic acids is 1. The molecule has 0 bridgehead atoms. The highest BCUT2D eigenvalue weighted by atomic mass is 16.7. The lowest BCUT2D eigenvalue weighted by Gasteiger charge is -2.42. The number of hydrogen-bond donors (Lipinski definition) is 6. The van der Waals surface area contributed by atoms with Crippen molar-refractivity contribution in [2.45, 2.75) is 55.4 Å². The molecule has 0 spiro atoms. The SMILES string of the molecule is O=C(O)[C@H]1OC[C@H](OC2O[C@H](CO)[C@H](O)[C@H](O)[C@H]2O)C[C@@H]1O. The monoisotopic (exact) mass is 324 g/mol. The average molecular weight is 324 g/mol. The van der Waals surface area contributed by atoms with Crippen LogP contribution in [0.2, 0.25) is 0 Å². The second kappa shape index (κ2) is 7.15. The third-order valence-corrected chi connectivity index (χ3v) is 3.73. The van der Waals surface area contributed by atoms with E-state index in [1.54, 1.807) is 0 Å². The Labute approximate surface area is 125 Å². The van der Waals surface area contributed by atoms with Gasteiger partial charge in [-0.2, -0.15) is 0 Å². The number of carboxylic acid groups (broad SMARTS) is 1. The minimum absolute atomic E-state index is 0.0635. The number of ether oxygens (including phenoxy) is 3. The molecule has 2 saturated heterocycles. The molecule has 2 heterocycles. The fourth-order valence-corrected chi connectivity index (χ4v) is 2.48. The lowest BCUT2D eigenvalue weighted by atomic mass is 9.99. The second-order valence-electron chi connectivity index (χ2n) is 5.35. The Balaban J connectivity index is 1.94. The molecule has 128 valence electrons. The Morgan fingerprint density at radius 3 is 2.36 bits per heavy atom. The Morgan fingerprint density at radius 2 is 1.82 bits per heavy atom. The van der Waals surface area contributed by atoms with Crippen LogP contribution in [-0.4, -0.2) is 98.8 Å². The molecular weight excluding hydrogens is 304 g/mol. The lowest BCUT2D eigenvalue weighted by Crippen LogP contribution is -2.60. The molecule has 8 atom stereocenters. The van der Waals surface area contributed by atoms with E-state index < -0.39 is 61.6 Å². The number of carbonyl (C=O) groups is 1. The minimum atomic E-state index is -1.57.